The summed E-state index contributed by atoms with van der Waals surface area (Å²) in [6.07, 6.45) is 0.493. The summed E-state index contributed by atoms with van der Waals surface area (Å²) < 4.78 is 7.11. The van der Waals surface area contributed by atoms with E-state index in [1.807, 2.05) is 38.1 Å². The fraction of sp³-hybridized carbons (Fsp3) is 0.400. The number of pyridine rings is 1. The number of aryl methyl sites for hydroxylation is 3. The molecule has 0 aliphatic rings. The second-order valence-corrected chi connectivity index (χ2v) is 10.4. The Labute approximate surface area is 203 Å². The van der Waals surface area contributed by atoms with Gasteiger partial charge in [0, 0.05) is 6.07 Å². The van der Waals surface area contributed by atoms with Crippen molar-refractivity contribution in [3.05, 3.63) is 81.1 Å². The average Bonchev–Trinajstić information content (AvgIpc) is 2.75. The highest BCUT2D eigenvalue weighted by Crippen LogP contribution is 2.36. The second kappa shape index (κ2) is 10.0. The molecule has 0 N–H and O–H groups in total. The first kappa shape index (κ1) is 25.5. The molecule has 0 bridgehead atoms. The van der Waals surface area contributed by atoms with Crippen LogP contribution >= 0.6 is 0 Å². The zero-order valence-corrected chi connectivity index (χ0v) is 21.8. The molecule has 180 valence electrons. The number of hydrogen-bond acceptors (Lipinski definition) is 3. The first-order chi connectivity index (χ1) is 15.9. The SMILES string of the molecule is CCOC(=O)C(CC(C)(C)C)n1c(-c2ccc(C)cc2)c(C)c(-c2ccc(C)c(C)c2)cc1=O. The van der Waals surface area contributed by atoms with Crippen molar-refractivity contribution in [2.24, 2.45) is 5.41 Å². The third kappa shape index (κ3) is 5.49. The fourth-order valence-electron chi connectivity index (χ4n) is 4.40. The van der Waals surface area contributed by atoms with Gasteiger partial charge in [-0.15, -0.1) is 0 Å². The monoisotopic (exact) mass is 459 g/mol. The third-order valence-electron chi connectivity index (χ3n) is 6.32. The fourth-order valence-corrected chi connectivity index (χ4v) is 4.40. The number of carbonyl (C=O) groups excluding carboxylic acids is 1. The van der Waals surface area contributed by atoms with Gasteiger partial charge < -0.3 is 4.74 Å². The topological polar surface area (TPSA) is 48.3 Å². The summed E-state index contributed by atoms with van der Waals surface area (Å²) in [4.78, 5) is 26.9. The standard InChI is InChI=1S/C30H37NO3/c1-9-34-29(33)26(18-30(6,7)8)31-27(32)17-25(24-15-12-20(3)21(4)16-24)22(5)28(31)23-13-10-19(2)11-14-23/h10-17,26H,9,18H2,1-8H3. The zero-order valence-electron chi connectivity index (χ0n) is 21.8. The van der Waals surface area contributed by atoms with Crippen molar-refractivity contribution in [3.63, 3.8) is 0 Å². The van der Waals surface area contributed by atoms with Gasteiger partial charge in [-0.25, -0.2) is 4.79 Å². The van der Waals surface area contributed by atoms with Gasteiger partial charge in [-0.1, -0.05) is 68.8 Å². The molecule has 4 nitrogen and oxygen atoms in total. The van der Waals surface area contributed by atoms with Gasteiger partial charge in [0.15, 0.2) is 0 Å². The van der Waals surface area contributed by atoms with E-state index in [0.29, 0.717) is 6.42 Å². The molecular weight excluding hydrogens is 422 g/mol. The van der Waals surface area contributed by atoms with E-state index in [2.05, 4.69) is 52.8 Å². The number of hydrogen-bond donors (Lipinski definition) is 0. The summed E-state index contributed by atoms with van der Waals surface area (Å²) >= 11 is 0. The van der Waals surface area contributed by atoms with Gasteiger partial charge in [-0.3, -0.25) is 9.36 Å². The van der Waals surface area contributed by atoms with Crippen LogP contribution in [-0.2, 0) is 9.53 Å². The summed E-state index contributed by atoms with van der Waals surface area (Å²) in [5, 5.41) is 0. The lowest BCUT2D eigenvalue weighted by Gasteiger charge is -2.29. The van der Waals surface area contributed by atoms with Gasteiger partial charge in [-0.05, 0) is 79.8 Å². The molecule has 1 heterocycles. The number of ether oxygens (including phenoxy) is 1. The van der Waals surface area contributed by atoms with Crippen molar-refractivity contribution >= 4 is 5.97 Å². The van der Waals surface area contributed by atoms with E-state index < -0.39 is 6.04 Å². The third-order valence-corrected chi connectivity index (χ3v) is 6.32. The molecule has 0 amide bonds. The minimum absolute atomic E-state index is 0.179. The van der Waals surface area contributed by atoms with Crippen molar-refractivity contribution in [1.82, 2.24) is 4.57 Å². The Morgan fingerprint density at radius 3 is 2.09 bits per heavy atom. The molecule has 1 unspecified atom stereocenters. The van der Waals surface area contributed by atoms with E-state index >= 15 is 0 Å². The number of aromatic nitrogens is 1. The van der Waals surface area contributed by atoms with E-state index in [4.69, 9.17) is 4.74 Å². The Bertz CT molecular complexity index is 1240. The highest BCUT2D eigenvalue weighted by Gasteiger charge is 2.31. The second-order valence-electron chi connectivity index (χ2n) is 10.4. The Balaban J connectivity index is 2.37. The van der Waals surface area contributed by atoms with E-state index in [1.54, 1.807) is 17.6 Å². The minimum Gasteiger partial charge on any atom is -0.464 e. The predicted molar refractivity (Wildman–Crippen MR) is 140 cm³/mol. The molecule has 2 aromatic carbocycles. The van der Waals surface area contributed by atoms with Crippen molar-refractivity contribution in [1.29, 1.82) is 0 Å². The normalized spacial score (nSPS) is 12.5. The van der Waals surface area contributed by atoms with Crippen molar-refractivity contribution in [2.75, 3.05) is 6.61 Å². The minimum atomic E-state index is -0.712. The maximum absolute atomic E-state index is 13.8. The van der Waals surface area contributed by atoms with E-state index in [9.17, 15) is 9.59 Å². The smallest absolute Gasteiger partial charge is 0.329 e. The summed E-state index contributed by atoms with van der Waals surface area (Å²) in [5.74, 6) is -0.369. The lowest BCUT2D eigenvalue weighted by atomic mass is 9.87. The number of nitrogens with zero attached hydrogens (tertiary/aromatic N) is 1. The maximum atomic E-state index is 13.8. The molecule has 0 radical (unpaired) electrons. The van der Waals surface area contributed by atoms with Crippen LogP contribution in [-0.4, -0.2) is 17.1 Å². The summed E-state index contributed by atoms with van der Waals surface area (Å²) in [5.41, 5.74) is 7.68. The summed E-state index contributed by atoms with van der Waals surface area (Å²) in [6, 6.07) is 15.4. The van der Waals surface area contributed by atoms with Gasteiger partial charge in [0.2, 0.25) is 0 Å². The van der Waals surface area contributed by atoms with Crippen LogP contribution in [0.25, 0.3) is 22.4 Å². The number of rotatable bonds is 6. The van der Waals surface area contributed by atoms with Gasteiger partial charge in [0.1, 0.15) is 6.04 Å². The molecule has 0 aliphatic carbocycles. The molecule has 4 heteroatoms. The van der Waals surface area contributed by atoms with Gasteiger partial charge in [0.25, 0.3) is 5.56 Å². The highest BCUT2D eigenvalue weighted by molar-refractivity contribution is 5.80. The van der Waals surface area contributed by atoms with E-state index in [0.717, 1.165) is 33.5 Å². The predicted octanol–water partition coefficient (Wildman–Crippen LogP) is 6.96. The molecule has 34 heavy (non-hydrogen) atoms. The van der Waals surface area contributed by atoms with E-state index in [1.165, 1.54) is 11.1 Å². The molecule has 1 atom stereocenters. The van der Waals surface area contributed by atoms with Crippen LogP contribution in [0.4, 0.5) is 0 Å². The Morgan fingerprint density at radius 2 is 1.53 bits per heavy atom. The first-order valence-electron chi connectivity index (χ1n) is 12.0. The van der Waals surface area contributed by atoms with Crippen LogP contribution < -0.4 is 5.56 Å². The molecule has 3 rings (SSSR count). The molecule has 1 aromatic heterocycles. The summed E-state index contributed by atoms with van der Waals surface area (Å²) in [7, 11) is 0. The van der Waals surface area contributed by atoms with Crippen LogP contribution in [0.3, 0.4) is 0 Å². The maximum Gasteiger partial charge on any atom is 0.329 e. The van der Waals surface area contributed by atoms with Crippen molar-refractivity contribution < 1.29 is 9.53 Å². The Morgan fingerprint density at radius 1 is 0.912 bits per heavy atom. The molecule has 0 fully saturated rings. The van der Waals surface area contributed by atoms with Crippen LogP contribution in [0.2, 0.25) is 0 Å². The van der Waals surface area contributed by atoms with Crippen LogP contribution in [0.15, 0.2) is 53.3 Å². The van der Waals surface area contributed by atoms with Crippen LogP contribution in [0.1, 0.15) is 62.4 Å². The highest BCUT2D eigenvalue weighted by atomic mass is 16.5. The van der Waals surface area contributed by atoms with Crippen molar-refractivity contribution in [2.45, 2.75) is 67.9 Å². The lowest BCUT2D eigenvalue weighted by Crippen LogP contribution is -2.35. The Hall–Kier alpha value is -3.14. The number of benzene rings is 2. The van der Waals surface area contributed by atoms with Gasteiger partial charge in [-0.2, -0.15) is 0 Å². The largest absolute Gasteiger partial charge is 0.464 e. The van der Waals surface area contributed by atoms with Crippen LogP contribution in [0, 0.1) is 33.1 Å². The van der Waals surface area contributed by atoms with Gasteiger partial charge >= 0.3 is 5.97 Å². The van der Waals surface area contributed by atoms with Crippen LogP contribution in [0.5, 0.6) is 0 Å². The van der Waals surface area contributed by atoms with E-state index in [-0.39, 0.29) is 23.6 Å². The quantitative estimate of drug-likeness (QED) is 0.375. The molecular formula is C30H37NO3. The summed E-state index contributed by atoms with van der Waals surface area (Å²) in [6.45, 7) is 16.5. The zero-order chi connectivity index (χ0) is 25.2. The molecule has 0 saturated heterocycles. The first-order valence-corrected chi connectivity index (χ1v) is 12.0. The van der Waals surface area contributed by atoms with Crippen molar-refractivity contribution in [3.8, 4) is 22.4 Å². The molecule has 0 saturated carbocycles. The Kier molecular flexibility index (Phi) is 7.50. The lowest BCUT2D eigenvalue weighted by molar-refractivity contribution is -0.148. The number of carbonyl (C=O) groups is 1. The average molecular weight is 460 g/mol. The molecule has 0 spiro atoms. The number of esters is 1. The molecule has 0 aliphatic heterocycles. The van der Waals surface area contributed by atoms with Gasteiger partial charge in [0.05, 0.1) is 12.3 Å². The molecule has 3 aromatic rings.